The zero-order valence-electron chi connectivity index (χ0n) is 13.6. The first kappa shape index (κ1) is 16.0. The van der Waals surface area contributed by atoms with E-state index in [2.05, 4.69) is 44.3 Å². The highest BCUT2D eigenvalue weighted by Crippen LogP contribution is 2.30. The van der Waals surface area contributed by atoms with Crippen molar-refractivity contribution < 1.29 is 9.53 Å². The number of nitrogens with zero attached hydrogens (tertiary/aromatic N) is 1. The molecule has 0 bridgehead atoms. The van der Waals surface area contributed by atoms with E-state index >= 15 is 0 Å². The van der Waals surface area contributed by atoms with Gasteiger partial charge in [0.05, 0.1) is 6.04 Å². The Hall–Kier alpha value is -1.39. The summed E-state index contributed by atoms with van der Waals surface area (Å²) in [4.78, 5) is 14.5. The number of aryl methyl sites for hydroxylation is 2. The number of ether oxygens (including phenoxy) is 1. The van der Waals surface area contributed by atoms with Crippen LogP contribution < -0.4 is 5.32 Å². The summed E-state index contributed by atoms with van der Waals surface area (Å²) in [7, 11) is 1.70. The Labute approximate surface area is 127 Å². The molecule has 1 fully saturated rings. The van der Waals surface area contributed by atoms with Gasteiger partial charge >= 0.3 is 0 Å². The lowest BCUT2D eigenvalue weighted by Gasteiger charge is -2.31. The van der Waals surface area contributed by atoms with E-state index in [1.807, 2.05) is 11.8 Å². The number of hydrogen-bond acceptors (Lipinski definition) is 3. The quantitative estimate of drug-likeness (QED) is 0.906. The summed E-state index contributed by atoms with van der Waals surface area (Å²) in [5, 5.41) is 3.42. The SMILES string of the molecule is COCCC(C)N1C(=O)C(C)NC1c1ccc(C)cc1C. The summed E-state index contributed by atoms with van der Waals surface area (Å²) >= 11 is 0. The molecule has 3 atom stereocenters. The van der Waals surface area contributed by atoms with Crippen LogP contribution in [0.3, 0.4) is 0 Å². The van der Waals surface area contributed by atoms with E-state index in [9.17, 15) is 4.79 Å². The lowest BCUT2D eigenvalue weighted by molar-refractivity contribution is -0.132. The first-order valence-electron chi connectivity index (χ1n) is 7.60. The highest BCUT2D eigenvalue weighted by Gasteiger charge is 2.40. The molecule has 0 aliphatic carbocycles. The van der Waals surface area contributed by atoms with Crippen LogP contribution in [0.1, 0.15) is 43.1 Å². The van der Waals surface area contributed by atoms with Crippen LogP contribution >= 0.6 is 0 Å². The molecule has 3 unspecified atom stereocenters. The second-order valence-electron chi connectivity index (χ2n) is 6.03. The summed E-state index contributed by atoms with van der Waals surface area (Å²) in [6, 6.07) is 6.42. The lowest BCUT2D eigenvalue weighted by Crippen LogP contribution is -2.39. The third-order valence-corrected chi connectivity index (χ3v) is 4.25. The lowest BCUT2D eigenvalue weighted by atomic mass is 10.0. The average Bonchev–Trinajstić information content (AvgIpc) is 2.72. The molecule has 4 heteroatoms. The Morgan fingerprint density at radius 3 is 2.71 bits per heavy atom. The van der Waals surface area contributed by atoms with Gasteiger partial charge < -0.3 is 9.64 Å². The van der Waals surface area contributed by atoms with Gasteiger partial charge in [-0.2, -0.15) is 0 Å². The first-order chi connectivity index (χ1) is 9.95. The minimum absolute atomic E-state index is 0.0417. The highest BCUT2D eigenvalue weighted by atomic mass is 16.5. The third kappa shape index (κ3) is 3.27. The van der Waals surface area contributed by atoms with Crippen molar-refractivity contribution in [1.82, 2.24) is 10.2 Å². The minimum atomic E-state index is -0.138. The number of hydrogen-bond donors (Lipinski definition) is 1. The number of benzene rings is 1. The molecule has 1 N–H and O–H groups in total. The van der Waals surface area contributed by atoms with Crippen LogP contribution in [0.2, 0.25) is 0 Å². The number of rotatable bonds is 5. The van der Waals surface area contributed by atoms with Gasteiger partial charge in [0.1, 0.15) is 6.17 Å². The summed E-state index contributed by atoms with van der Waals surface area (Å²) < 4.78 is 5.16. The summed E-state index contributed by atoms with van der Waals surface area (Å²) in [6.07, 6.45) is 0.804. The third-order valence-electron chi connectivity index (χ3n) is 4.25. The molecule has 116 valence electrons. The molecule has 0 spiro atoms. The zero-order valence-corrected chi connectivity index (χ0v) is 13.6. The predicted molar refractivity (Wildman–Crippen MR) is 84.1 cm³/mol. The summed E-state index contributed by atoms with van der Waals surface area (Å²) in [5.41, 5.74) is 3.65. The van der Waals surface area contributed by atoms with Crippen LogP contribution in [-0.4, -0.2) is 36.6 Å². The molecular formula is C17H26N2O2. The maximum Gasteiger partial charge on any atom is 0.241 e. The summed E-state index contributed by atoms with van der Waals surface area (Å²) in [6.45, 7) is 8.88. The van der Waals surface area contributed by atoms with Gasteiger partial charge in [0.15, 0.2) is 0 Å². The second kappa shape index (κ2) is 6.58. The molecule has 21 heavy (non-hydrogen) atoms. The molecule has 1 amide bonds. The zero-order chi connectivity index (χ0) is 15.6. The maximum absolute atomic E-state index is 12.5. The maximum atomic E-state index is 12.5. The van der Waals surface area contributed by atoms with Crippen LogP contribution in [0.4, 0.5) is 0 Å². The minimum Gasteiger partial charge on any atom is -0.385 e. The van der Waals surface area contributed by atoms with Gasteiger partial charge in [-0.15, -0.1) is 0 Å². The molecule has 1 aromatic carbocycles. The molecule has 1 aromatic rings. The van der Waals surface area contributed by atoms with E-state index in [-0.39, 0.29) is 24.2 Å². The van der Waals surface area contributed by atoms with Crippen LogP contribution in [0, 0.1) is 13.8 Å². The topological polar surface area (TPSA) is 41.6 Å². The first-order valence-corrected chi connectivity index (χ1v) is 7.60. The number of nitrogens with one attached hydrogen (secondary N) is 1. The van der Waals surface area contributed by atoms with Crippen molar-refractivity contribution in [3.63, 3.8) is 0 Å². The largest absolute Gasteiger partial charge is 0.385 e. The Balaban J connectivity index is 2.29. The molecule has 1 aliphatic heterocycles. The number of carbonyl (C=O) groups is 1. The van der Waals surface area contributed by atoms with Gasteiger partial charge in [-0.1, -0.05) is 23.8 Å². The van der Waals surface area contributed by atoms with E-state index in [1.54, 1.807) is 7.11 Å². The van der Waals surface area contributed by atoms with Crippen molar-refractivity contribution >= 4 is 5.91 Å². The van der Waals surface area contributed by atoms with E-state index in [4.69, 9.17) is 4.74 Å². The Bertz CT molecular complexity index is 516. The average molecular weight is 290 g/mol. The molecule has 0 aromatic heterocycles. The van der Waals surface area contributed by atoms with E-state index in [0.29, 0.717) is 6.61 Å². The molecule has 1 heterocycles. The Kier molecular flexibility index (Phi) is 5.01. The smallest absolute Gasteiger partial charge is 0.241 e. The number of amides is 1. The van der Waals surface area contributed by atoms with E-state index < -0.39 is 0 Å². The molecule has 2 rings (SSSR count). The van der Waals surface area contributed by atoms with Gasteiger partial charge in [0, 0.05) is 19.8 Å². The monoisotopic (exact) mass is 290 g/mol. The Morgan fingerprint density at radius 2 is 2.10 bits per heavy atom. The predicted octanol–water partition coefficient (Wildman–Crippen LogP) is 2.55. The van der Waals surface area contributed by atoms with Crippen molar-refractivity contribution in [1.29, 1.82) is 0 Å². The fourth-order valence-electron chi connectivity index (χ4n) is 3.01. The second-order valence-corrected chi connectivity index (χ2v) is 6.03. The molecular weight excluding hydrogens is 264 g/mol. The highest BCUT2D eigenvalue weighted by molar-refractivity contribution is 5.84. The Morgan fingerprint density at radius 1 is 1.38 bits per heavy atom. The van der Waals surface area contributed by atoms with Crippen molar-refractivity contribution in [3.8, 4) is 0 Å². The van der Waals surface area contributed by atoms with Crippen LogP contribution in [0.25, 0.3) is 0 Å². The van der Waals surface area contributed by atoms with Crippen molar-refractivity contribution in [2.45, 2.75) is 52.4 Å². The van der Waals surface area contributed by atoms with E-state index in [0.717, 1.165) is 6.42 Å². The van der Waals surface area contributed by atoms with Gasteiger partial charge in [-0.3, -0.25) is 10.1 Å². The number of methoxy groups -OCH3 is 1. The molecule has 0 saturated carbocycles. The standard InChI is InChI=1S/C17H26N2O2/c1-11-6-7-15(12(2)10-11)16-18-14(4)17(20)19(16)13(3)8-9-21-5/h6-7,10,13-14,16,18H,8-9H2,1-5H3. The molecule has 1 saturated heterocycles. The number of carbonyl (C=O) groups excluding carboxylic acids is 1. The molecule has 1 aliphatic rings. The molecule has 4 nitrogen and oxygen atoms in total. The van der Waals surface area contributed by atoms with Crippen LogP contribution in [0.15, 0.2) is 18.2 Å². The normalized spacial score (nSPS) is 23.7. The van der Waals surface area contributed by atoms with Gasteiger partial charge in [-0.25, -0.2) is 0 Å². The van der Waals surface area contributed by atoms with Crippen LogP contribution in [0.5, 0.6) is 0 Å². The molecule has 0 radical (unpaired) electrons. The van der Waals surface area contributed by atoms with Crippen LogP contribution in [-0.2, 0) is 9.53 Å². The van der Waals surface area contributed by atoms with Crippen molar-refractivity contribution in [2.75, 3.05) is 13.7 Å². The summed E-state index contributed by atoms with van der Waals surface area (Å²) in [5.74, 6) is 0.170. The van der Waals surface area contributed by atoms with Crippen molar-refractivity contribution in [3.05, 3.63) is 34.9 Å². The fourth-order valence-corrected chi connectivity index (χ4v) is 3.01. The van der Waals surface area contributed by atoms with Gasteiger partial charge in [0.2, 0.25) is 5.91 Å². The van der Waals surface area contributed by atoms with Gasteiger partial charge in [-0.05, 0) is 45.2 Å². The van der Waals surface area contributed by atoms with Crippen molar-refractivity contribution in [2.24, 2.45) is 0 Å². The van der Waals surface area contributed by atoms with Gasteiger partial charge in [0.25, 0.3) is 0 Å². The van der Waals surface area contributed by atoms with E-state index in [1.165, 1.54) is 16.7 Å². The fraction of sp³-hybridized carbons (Fsp3) is 0.588.